The van der Waals surface area contributed by atoms with Gasteiger partial charge in [-0.25, -0.2) is 4.79 Å². The van der Waals surface area contributed by atoms with E-state index in [0.717, 1.165) is 24.5 Å². The lowest BCUT2D eigenvalue weighted by atomic mass is 10.1. The number of hydrogen-bond acceptors (Lipinski definition) is 3. The quantitative estimate of drug-likeness (QED) is 0.746. The highest BCUT2D eigenvalue weighted by atomic mass is 35.5. The molecule has 1 aliphatic rings. The second-order valence-electron chi connectivity index (χ2n) is 6.30. The van der Waals surface area contributed by atoms with Gasteiger partial charge >= 0.3 is 6.03 Å². The molecule has 0 aliphatic carbocycles. The standard InChI is InChI=1S/C17H26ClN3O2/c1-12-3-4-15(18)9-16(12)21-7-5-14(11-21)10-19-17(23)20-13(2)6-8-22/h3-4,9,13-14,22H,5-8,10-11H2,1-2H3,(H2,19,20,23)/t13-,14?/m1/s1. The number of amides is 2. The molecule has 1 aromatic carbocycles. The lowest BCUT2D eigenvalue weighted by molar-refractivity contribution is 0.229. The molecule has 5 nitrogen and oxygen atoms in total. The summed E-state index contributed by atoms with van der Waals surface area (Å²) in [6.45, 7) is 6.62. The van der Waals surface area contributed by atoms with Crippen molar-refractivity contribution in [2.24, 2.45) is 5.92 Å². The highest BCUT2D eigenvalue weighted by Gasteiger charge is 2.24. The fraction of sp³-hybridized carbons (Fsp3) is 0.588. The number of aliphatic hydroxyl groups excluding tert-OH is 1. The Morgan fingerprint density at radius 1 is 1.52 bits per heavy atom. The van der Waals surface area contributed by atoms with Crippen LogP contribution in [0.25, 0.3) is 0 Å². The fourth-order valence-electron chi connectivity index (χ4n) is 2.92. The first-order chi connectivity index (χ1) is 11.0. The zero-order valence-corrected chi connectivity index (χ0v) is 14.6. The predicted octanol–water partition coefficient (Wildman–Crippen LogP) is 2.54. The van der Waals surface area contributed by atoms with Gasteiger partial charge in [0.2, 0.25) is 0 Å². The summed E-state index contributed by atoms with van der Waals surface area (Å²) >= 11 is 6.10. The van der Waals surface area contributed by atoms with Crippen molar-refractivity contribution in [3.8, 4) is 0 Å². The molecule has 0 saturated carbocycles. The summed E-state index contributed by atoms with van der Waals surface area (Å²) < 4.78 is 0. The second-order valence-corrected chi connectivity index (χ2v) is 6.74. The average molecular weight is 340 g/mol. The van der Waals surface area contributed by atoms with E-state index in [1.807, 2.05) is 25.1 Å². The number of nitrogens with one attached hydrogen (secondary N) is 2. The van der Waals surface area contributed by atoms with Crippen LogP contribution in [0, 0.1) is 12.8 Å². The Bertz CT molecular complexity index is 539. The van der Waals surface area contributed by atoms with Gasteiger partial charge < -0.3 is 20.6 Å². The summed E-state index contributed by atoms with van der Waals surface area (Å²) in [4.78, 5) is 14.1. The lowest BCUT2D eigenvalue weighted by Gasteiger charge is -2.21. The van der Waals surface area contributed by atoms with Crippen molar-refractivity contribution in [3.05, 3.63) is 28.8 Å². The number of aliphatic hydroxyl groups is 1. The van der Waals surface area contributed by atoms with E-state index in [1.54, 1.807) is 0 Å². The van der Waals surface area contributed by atoms with E-state index in [4.69, 9.17) is 16.7 Å². The first kappa shape index (κ1) is 17.9. The van der Waals surface area contributed by atoms with Crippen molar-refractivity contribution < 1.29 is 9.90 Å². The summed E-state index contributed by atoms with van der Waals surface area (Å²) in [5, 5.41) is 15.3. The van der Waals surface area contributed by atoms with Crippen LogP contribution in [0.15, 0.2) is 18.2 Å². The number of benzene rings is 1. The van der Waals surface area contributed by atoms with Gasteiger partial charge in [0.1, 0.15) is 0 Å². The second kappa shape index (κ2) is 8.41. The highest BCUT2D eigenvalue weighted by Crippen LogP contribution is 2.29. The van der Waals surface area contributed by atoms with E-state index in [2.05, 4.69) is 22.5 Å². The number of nitrogens with zero attached hydrogens (tertiary/aromatic N) is 1. The predicted molar refractivity (Wildman–Crippen MR) is 94.2 cm³/mol. The van der Waals surface area contributed by atoms with Crippen molar-refractivity contribution in [2.75, 3.05) is 31.1 Å². The maximum absolute atomic E-state index is 11.8. The Hall–Kier alpha value is -1.46. The normalized spacial score (nSPS) is 18.8. The van der Waals surface area contributed by atoms with Gasteiger partial charge in [0, 0.05) is 43.0 Å². The zero-order chi connectivity index (χ0) is 16.8. The highest BCUT2D eigenvalue weighted by molar-refractivity contribution is 6.30. The van der Waals surface area contributed by atoms with E-state index in [9.17, 15) is 4.79 Å². The van der Waals surface area contributed by atoms with E-state index < -0.39 is 0 Å². The maximum atomic E-state index is 11.8. The van der Waals surface area contributed by atoms with Crippen molar-refractivity contribution in [2.45, 2.75) is 32.7 Å². The third kappa shape index (κ3) is 5.29. The van der Waals surface area contributed by atoms with E-state index >= 15 is 0 Å². The first-order valence-corrected chi connectivity index (χ1v) is 8.53. The molecule has 0 aromatic heterocycles. The maximum Gasteiger partial charge on any atom is 0.315 e. The van der Waals surface area contributed by atoms with Gasteiger partial charge in [0.15, 0.2) is 0 Å². The molecule has 1 unspecified atom stereocenters. The molecule has 0 radical (unpaired) electrons. The molecule has 1 aromatic rings. The van der Waals surface area contributed by atoms with Crippen LogP contribution in [-0.2, 0) is 0 Å². The number of urea groups is 1. The van der Waals surface area contributed by atoms with Gasteiger partial charge in [0.25, 0.3) is 0 Å². The molecule has 23 heavy (non-hydrogen) atoms. The number of carbonyl (C=O) groups is 1. The number of aryl methyl sites for hydroxylation is 1. The first-order valence-electron chi connectivity index (χ1n) is 8.16. The van der Waals surface area contributed by atoms with Gasteiger partial charge in [0.05, 0.1) is 0 Å². The third-order valence-electron chi connectivity index (χ3n) is 4.29. The molecule has 1 fully saturated rings. The lowest BCUT2D eigenvalue weighted by Crippen LogP contribution is -2.43. The summed E-state index contributed by atoms with van der Waals surface area (Å²) in [6.07, 6.45) is 1.62. The largest absolute Gasteiger partial charge is 0.396 e. The minimum Gasteiger partial charge on any atom is -0.396 e. The summed E-state index contributed by atoms with van der Waals surface area (Å²) in [5.74, 6) is 0.437. The molecule has 6 heteroatoms. The smallest absolute Gasteiger partial charge is 0.315 e. The Labute approximate surface area is 143 Å². The van der Waals surface area contributed by atoms with Crippen LogP contribution in [-0.4, -0.2) is 43.4 Å². The van der Waals surface area contributed by atoms with Gasteiger partial charge in [-0.1, -0.05) is 17.7 Å². The molecule has 128 valence electrons. The average Bonchev–Trinajstić information content (AvgIpc) is 2.96. The minimum atomic E-state index is -0.164. The molecule has 3 N–H and O–H groups in total. The molecule has 0 spiro atoms. The Kier molecular flexibility index (Phi) is 6.54. The molecule has 1 saturated heterocycles. The number of carbonyl (C=O) groups excluding carboxylic acids is 1. The van der Waals surface area contributed by atoms with Crippen molar-refractivity contribution in [1.82, 2.24) is 10.6 Å². The Morgan fingerprint density at radius 2 is 2.30 bits per heavy atom. The third-order valence-corrected chi connectivity index (χ3v) is 4.52. The number of halogens is 1. The topological polar surface area (TPSA) is 64.6 Å². The van der Waals surface area contributed by atoms with E-state index in [-0.39, 0.29) is 18.7 Å². The van der Waals surface area contributed by atoms with Crippen LogP contribution >= 0.6 is 11.6 Å². The van der Waals surface area contributed by atoms with Crippen molar-refractivity contribution in [1.29, 1.82) is 0 Å². The molecule has 2 rings (SSSR count). The monoisotopic (exact) mass is 339 g/mol. The van der Waals surface area contributed by atoms with E-state index in [0.29, 0.717) is 18.9 Å². The number of anilines is 1. The Morgan fingerprint density at radius 3 is 3.04 bits per heavy atom. The Balaban J connectivity index is 1.79. The van der Waals surface area contributed by atoms with Gasteiger partial charge in [-0.15, -0.1) is 0 Å². The molecule has 2 atom stereocenters. The zero-order valence-electron chi connectivity index (χ0n) is 13.8. The van der Waals surface area contributed by atoms with Gasteiger partial charge in [-0.3, -0.25) is 0 Å². The van der Waals surface area contributed by atoms with Gasteiger partial charge in [-0.05, 0) is 50.3 Å². The van der Waals surface area contributed by atoms with Crippen molar-refractivity contribution >= 4 is 23.3 Å². The molecular weight excluding hydrogens is 314 g/mol. The van der Waals surface area contributed by atoms with Crippen LogP contribution in [0.1, 0.15) is 25.3 Å². The van der Waals surface area contributed by atoms with Crippen LogP contribution in [0.2, 0.25) is 5.02 Å². The molecule has 2 amide bonds. The molecular formula is C17H26ClN3O2. The van der Waals surface area contributed by atoms with E-state index in [1.165, 1.54) is 11.3 Å². The molecule has 0 bridgehead atoms. The van der Waals surface area contributed by atoms with Crippen molar-refractivity contribution in [3.63, 3.8) is 0 Å². The van der Waals surface area contributed by atoms with Crippen LogP contribution in [0.3, 0.4) is 0 Å². The SMILES string of the molecule is Cc1ccc(Cl)cc1N1CCC(CNC(=O)N[C@H](C)CCO)C1. The summed E-state index contributed by atoms with van der Waals surface area (Å²) in [7, 11) is 0. The molecule has 1 heterocycles. The number of rotatable bonds is 6. The minimum absolute atomic E-state index is 0.0193. The van der Waals surface area contributed by atoms with Crippen LogP contribution < -0.4 is 15.5 Å². The molecule has 1 aliphatic heterocycles. The number of hydrogen-bond donors (Lipinski definition) is 3. The fourth-order valence-corrected chi connectivity index (χ4v) is 3.09. The summed E-state index contributed by atoms with van der Waals surface area (Å²) in [5.41, 5.74) is 2.40. The summed E-state index contributed by atoms with van der Waals surface area (Å²) in [6, 6.07) is 5.78. The van der Waals surface area contributed by atoms with Crippen LogP contribution in [0.5, 0.6) is 0 Å². The van der Waals surface area contributed by atoms with Gasteiger partial charge in [-0.2, -0.15) is 0 Å². The van der Waals surface area contributed by atoms with Crippen LogP contribution in [0.4, 0.5) is 10.5 Å².